The number of halogens is 1. The van der Waals surface area contributed by atoms with Crippen LogP contribution in [-0.2, 0) is 16.1 Å². The summed E-state index contributed by atoms with van der Waals surface area (Å²) in [5.74, 6) is -0.352. The standard InChI is InChI=1S/C15H20FNO2/c1-15(2,3)17-13-8-10(4-7-12(13)16)9-19-14(18)11-5-6-11/h4,7-8,11,17H,5-6,9H2,1-3H3. The van der Waals surface area contributed by atoms with Crippen molar-refractivity contribution >= 4 is 11.7 Å². The molecule has 1 aromatic rings. The highest BCUT2D eigenvalue weighted by atomic mass is 19.1. The molecule has 4 heteroatoms. The number of hydrogen-bond acceptors (Lipinski definition) is 3. The van der Waals surface area contributed by atoms with Gasteiger partial charge >= 0.3 is 5.97 Å². The molecule has 0 atom stereocenters. The lowest BCUT2D eigenvalue weighted by atomic mass is 10.1. The minimum Gasteiger partial charge on any atom is -0.461 e. The summed E-state index contributed by atoms with van der Waals surface area (Å²) in [6, 6.07) is 4.73. The minimum absolute atomic E-state index is 0.0904. The van der Waals surface area contributed by atoms with E-state index in [0.29, 0.717) is 5.69 Å². The fourth-order valence-electron chi connectivity index (χ4n) is 1.75. The van der Waals surface area contributed by atoms with Gasteiger partial charge in [0.05, 0.1) is 11.6 Å². The van der Waals surface area contributed by atoms with E-state index in [-0.39, 0.29) is 29.9 Å². The van der Waals surface area contributed by atoms with Crippen molar-refractivity contribution in [1.29, 1.82) is 0 Å². The van der Waals surface area contributed by atoms with Crippen LogP contribution in [0.2, 0.25) is 0 Å². The molecule has 0 bridgehead atoms. The lowest BCUT2D eigenvalue weighted by Gasteiger charge is -2.23. The molecule has 1 aliphatic rings. The third-order valence-electron chi connectivity index (χ3n) is 2.83. The maximum atomic E-state index is 13.7. The Morgan fingerprint density at radius 3 is 2.68 bits per heavy atom. The van der Waals surface area contributed by atoms with Crippen LogP contribution in [0.1, 0.15) is 39.2 Å². The normalized spacial score (nSPS) is 15.2. The van der Waals surface area contributed by atoms with Gasteiger partial charge in [-0.15, -0.1) is 0 Å². The van der Waals surface area contributed by atoms with Crippen molar-refractivity contribution in [1.82, 2.24) is 0 Å². The van der Waals surface area contributed by atoms with Gasteiger partial charge in [0, 0.05) is 5.54 Å². The summed E-state index contributed by atoms with van der Waals surface area (Å²) >= 11 is 0. The van der Waals surface area contributed by atoms with Gasteiger partial charge in [-0.3, -0.25) is 4.79 Å². The van der Waals surface area contributed by atoms with E-state index in [4.69, 9.17) is 4.74 Å². The summed E-state index contributed by atoms with van der Waals surface area (Å²) in [5.41, 5.74) is 1.01. The monoisotopic (exact) mass is 265 g/mol. The second-order valence-corrected chi connectivity index (χ2v) is 6.07. The van der Waals surface area contributed by atoms with E-state index < -0.39 is 0 Å². The fourth-order valence-corrected chi connectivity index (χ4v) is 1.75. The summed E-state index contributed by atoms with van der Waals surface area (Å²) in [6.45, 7) is 6.10. The number of nitrogens with one attached hydrogen (secondary N) is 1. The lowest BCUT2D eigenvalue weighted by Crippen LogP contribution is -2.26. The SMILES string of the molecule is CC(C)(C)Nc1cc(COC(=O)C2CC2)ccc1F. The molecule has 1 saturated carbocycles. The molecule has 0 aromatic heterocycles. The molecule has 0 unspecified atom stereocenters. The second-order valence-electron chi connectivity index (χ2n) is 6.07. The third-order valence-corrected chi connectivity index (χ3v) is 2.83. The molecule has 19 heavy (non-hydrogen) atoms. The highest BCUT2D eigenvalue weighted by Crippen LogP contribution is 2.30. The van der Waals surface area contributed by atoms with Crippen LogP contribution < -0.4 is 5.32 Å². The quantitative estimate of drug-likeness (QED) is 0.847. The molecule has 104 valence electrons. The summed E-state index contributed by atoms with van der Waals surface area (Å²) in [7, 11) is 0. The first-order valence-corrected chi connectivity index (χ1v) is 6.58. The van der Waals surface area contributed by atoms with Gasteiger partial charge in [0.25, 0.3) is 0 Å². The highest BCUT2D eigenvalue weighted by molar-refractivity contribution is 5.74. The summed E-state index contributed by atoms with van der Waals surface area (Å²) < 4.78 is 18.9. The van der Waals surface area contributed by atoms with Crippen molar-refractivity contribution < 1.29 is 13.9 Å². The average Bonchev–Trinajstić information content (AvgIpc) is 3.12. The first kappa shape index (κ1) is 13.8. The maximum Gasteiger partial charge on any atom is 0.309 e. The van der Waals surface area contributed by atoms with Crippen LogP contribution in [0.25, 0.3) is 0 Å². The predicted molar refractivity (Wildman–Crippen MR) is 72.3 cm³/mol. The first-order chi connectivity index (χ1) is 8.85. The van der Waals surface area contributed by atoms with E-state index in [0.717, 1.165) is 18.4 Å². The number of carbonyl (C=O) groups is 1. The fraction of sp³-hybridized carbons (Fsp3) is 0.533. The Labute approximate surface area is 113 Å². The average molecular weight is 265 g/mol. The van der Waals surface area contributed by atoms with Crippen molar-refractivity contribution in [2.45, 2.75) is 45.8 Å². The number of benzene rings is 1. The number of carbonyl (C=O) groups excluding carboxylic acids is 1. The highest BCUT2D eigenvalue weighted by Gasteiger charge is 2.31. The van der Waals surface area contributed by atoms with E-state index in [2.05, 4.69) is 5.32 Å². The molecule has 1 fully saturated rings. The van der Waals surface area contributed by atoms with Gasteiger partial charge in [0.2, 0.25) is 0 Å². The summed E-state index contributed by atoms with van der Waals surface area (Å²) in [5, 5.41) is 3.10. The van der Waals surface area contributed by atoms with Gasteiger partial charge in [-0.05, 0) is 51.3 Å². The zero-order chi connectivity index (χ0) is 14.0. The van der Waals surface area contributed by atoms with E-state index in [1.165, 1.54) is 6.07 Å². The van der Waals surface area contributed by atoms with Crippen molar-refractivity contribution in [3.05, 3.63) is 29.6 Å². The first-order valence-electron chi connectivity index (χ1n) is 6.58. The Morgan fingerprint density at radius 2 is 2.11 bits per heavy atom. The van der Waals surface area contributed by atoms with Crippen molar-refractivity contribution in [3.63, 3.8) is 0 Å². The largest absolute Gasteiger partial charge is 0.461 e. The van der Waals surface area contributed by atoms with Crippen LogP contribution in [0.4, 0.5) is 10.1 Å². The van der Waals surface area contributed by atoms with Crippen LogP contribution in [0.15, 0.2) is 18.2 Å². The van der Waals surface area contributed by atoms with Crippen molar-refractivity contribution in [2.24, 2.45) is 5.92 Å². The Bertz CT molecular complexity index is 476. The second kappa shape index (κ2) is 5.19. The topological polar surface area (TPSA) is 38.3 Å². The van der Waals surface area contributed by atoms with Gasteiger partial charge in [0.15, 0.2) is 0 Å². The van der Waals surface area contributed by atoms with Crippen molar-refractivity contribution in [3.8, 4) is 0 Å². The van der Waals surface area contributed by atoms with E-state index in [9.17, 15) is 9.18 Å². The van der Waals surface area contributed by atoms with Gasteiger partial charge in [-0.2, -0.15) is 0 Å². The Morgan fingerprint density at radius 1 is 1.42 bits per heavy atom. The predicted octanol–water partition coefficient (Wildman–Crippen LogP) is 3.49. The molecule has 0 heterocycles. The molecule has 0 radical (unpaired) electrons. The smallest absolute Gasteiger partial charge is 0.309 e. The number of hydrogen-bond donors (Lipinski definition) is 1. The molecular formula is C15H20FNO2. The van der Waals surface area contributed by atoms with E-state index in [1.54, 1.807) is 12.1 Å². The molecule has 0 spiro atoms. The minimum atomic E-state index is -0.299. The van der Waals surface area contributed by atoms with E-state index in [1.807, 2.05) is 20.8 Å². The lowest BCUT2D eigenvalue weighted by molar-refractivity contribution is -0.146. The summed E-state index contributed by atoms with van der Waals surface area (Å²) in [4.78, 5) is 11.4. The molecular weight excluding hydrogens is 245 g/mol. The van der Waals surface area contributed by atoms with Crippen LogP contribution in [0, 0.1) is 11.7 Å². The molecule has 3 nitrogen and oxygen atoms in total. The van der Waals surface area contributed by atoms with Gasteiger partial charge in [0.1, 0.15) is 12.4 Å². The van der Waals surface area contributed by atoms with Crippen LogP contribution in [-0.4, -0.2) is 11.5 Å². The molecule has 1 aliphatic carbocycles. The number of anilines is 1. The Kier molecular flexibility index (Phi) is 3.78. The van der Waals surface area contributed by atoms with Gasteiger partial charge in [-0.1, -0.05) is 6.07 Å². The molecule has 2 rings (SSSR count). The molecule has 0 saturated heterocycles. The zero-order valence-corrected chi connectivity index (χ0v) is 11.6. The number of esters is 1. The molecule has 1 aromatic carbocycles. The van der Waals surface area contributed by atoms with Crippen molar-refractivity contribution in [2.75, 3.05) is 5.32 Å². The van der Waals surface area contributed by atoms with Crippen LogP contribution in [0.5, 0.6) is 0 Å². The van der Waals surface area contributed by atoms with E-state index >= 15 is 0 Å². The third kappa shape index (κ3) is 4.23. The summed E-state index contributed by atoms with van der Waals surface area (Å²) in [6.07, 6.45) is 1.86. The van der Waals surface area contributed by atoms with Crippen LogP contribution in [0.3, 0.4) is 0 Å². The Hall–Kier alpha value is -1.58. The van der Waals surface area contributed by atoms with Gasteiger partial charge in [-0.25, -0.2) is 4.39 Å². The zero-order valence-electron chi connectivity index (χ0n) is 11.6. The number of ether oxygens (including phenoxy) is 1. The molecule has 1 N–H and O–H groups in total. The maximum absolute atomic E-state index is 13.7. The number of rotatable bonds is 4. The molecule has 0 aliphatic heterocycles. The Balaban J connectivity index is 2.00. The molecule has 0 amide bonds. The van der Waals surface area contributed by atoms with Crippen LogP contribution >= 0.6 is 0 Å². The van der Waals surface area contributed by atoms with Gasteiger partial charge < -0.3 is 10.1 Å².